The number of ether oxygens (including phenoxy) is 4. The van der Waals surface area contributed by atoms with Crippen LogP contribution in [0.15, 0.2) is 84.9 Å². The molecule has 0 atom stereocenters. The molecule has 4 rings (SSSR count). The van der Waals surface area contributed by atoms with Gasteiger partial charge in [0, 0.05) is 34.4 Å². The van der Waals surface area contributed by atoms with Crippen molar-refractivity contribution in [2.24, 2.45) is 0 Å². The van der Waals surface area contributed by atoms with E-state index in [0.717, 1.165) is 33.8 Å². The van der Waals surface area contributed by atoms with Gasteiger partial charge >= 0.3 is 0 Å². The van der Waals surface area contributed by atoms with Crippen LogP contribution in [-0.4, -0.2) is 34.2 Å². The van der Waals surface area contributed by atoms with E-state index in [9.17, 15) is 4.79 Å². The zero-order valence-corrected chi connectivity index (χ0v) is 19.6. The minimum Gasteiger partial charge on any atom is -0.497 e. The van der Waals surface area contributed by atoms with Crippen molar-refractivity contribution < 1.29 is 23.7 Å². The third kappa shape index (κ3) is 4.59. The van der Waals surface area contributed by atoms with Crippen molar-refractivity contribution in [3.05, 3.63) is 96.1 Å². The topological polar surface area (TPSA) is 54.0 Å². The summed E-state index contributed by atoms with van der Waals surface area (Å²) in [5.41, 5.74) is 5.01. The third-order valence-corrected chi connectivity index (χ3v) is 5.73. The Hall–Kier alpha value is -4.25. The smallest absolute Gasteiger partial charge is 0.193 e. The van der Waals surface area contributed by atoms with E-state index in [2.05, 4.69) is 0 Å². The van der Waals surface area contributed by atoms with Gasteiger partial charge in [-0.25, -0.2) is 0 Å². The van der Waals surface area contributed by atoms with E-state index in [1.807, 2.05) is 84.9 Å². The summed E-state index contributed by atoms with van der Waals surface area (Å²) in [5.74, 6) is 2.83. The highest BCUT2D eigenvalue weighted by Crippen LogP contribution is 2.35. The molecule has 0 unspecified atom stereocenters. The number of carbonyl (C=O) groups is 1. The minimum absolute atomic E-state index is 0.0403. The molecule has 0 spiro atoms. The SMILES string of the molecule is COc1ccc(-c2ccc(C(=O)c3ccc(-c4ccc(OC)cc4OC)cc3)cc2)c(OC)c1. The van der Waals surface area contributed by atoms with Crippen LogP contribution < -0.4 is 18.9 Å². The van der Waals surface area contributed by atoms with Crippen molar-refractivity contribution in [3.63, 3.8) is 0 Å². The number of methoxy groups -OCH3 is 4. The van der Waals surface area contributed by atoms with E-state index in [0.29, 0.717) is 22.6 Å². The average Bonchev–Trinajstić information content (AvgIpc) is 2.92. The first-order valence-electron chi connectivity index (χ1n) is 10.8. The summed E-state index contributed by atoms with van der Waals surface area (Å²) < 4.78 is 21.5. The van der Waals surface area contributed by atoms with E-state index in [-0.39, 0.29) is 5.78 Å². The molecule has 5 heteroatoms. The molecule has 0 bridgehead atoms. The molecule has 4 aromatic carbocycles. The van der Waals surface area contributed by atoms with E-state index >= 15 is 0 Å². The largest absolute Gasteiger partial charge is 0.497 e. The second kappa shape index (κ2) is 10.1. The lowest BCUT2D eigenvalue weighted by Crippen LogP contribution is -2.01. The number of hydrogen-bond donors (Lipinski definition) is 0. The Morgan fingerprint density at radius 3 is 1.21 bits per heavy atom. The molecular formula is C29H26O5. The van der Waals surface area contributed by atoms with Gasteiger partial charge in [-0.05, 0) is 35.4 Å². The van der Waals surface area contributed by atoms with Crippen molar-refractivity contribution >= 4 is 5.78 Å². The molecule has 0 saturated carbocycles. The number of hydrogen-bond acceptors (Lipinski definition) is 5. The molecule has 0 aliphatic heterocycles. The number of benzene rings is 4. The third-order valence-electron chi connectivity index (χ3n) is 5.73. The Balaban J connectivity index is 1.56. The van der Waals surface area contributed by atoms with Crippen LogP contribution in [0.25, 0.3) is 22.3 Å². The Morgan fingerprint density at radius 2 is 0.882 bits per heavy atom. The van der Waals surface area contributed by atoms with E-state index in [1.54, 1.807) is 28.4 Å². The lowest BCUT2D eigenvalue weighted by molar-refractivity contribution is 0.103. The molecule has 0 aromatic heterocycles. The molecule has 0 N–H and O–H groups in total. The van der Waals surface area contributed by atoms with Crippen LogP contribution in [0, 0.1) is 0 Å². The van der Waals surface area contributed by atoms with E-state index < -0.39 is 0 Å². The number of carbonyl (C=O) groups excluding carboxylic acids is 1. The first-order chi connectivity index (χ1) is 16.6. The van der Waals surface area contributed by atoms with Crippen LogP contribution in [0.4, 0.5) is 0 Å². The Morgan fingerprint density at radius 1 is 0.500 bits per heavy atom. The first-order valence-corrected chi connectivity index (χ1v) is 10.8. The van der Waals surface area contributed by atoms with Gasteiger partial charge in [0.05, 0.1) is 28.4 Å². The van der Waals surface area contributed by atoms with Gasteiger partial charge in [0.1, 0.15) is 23.0 Å². The maximum atomic E-state index is 13.1. The monoisotopic (exact) mass is 454 g/mol. The van der Waals surface area contributed by atoms with Crippen LogP contribution in [0.3, 0.4) is 0 Å². The predicted molar refractivity (Wildman–Crippen MR) is 133 cm³/mol. The minimum atomic E-state index is -0.0403. The predicted octanol–water partition coefficient (Wildman–Crippen LogP) is 6.29. The second-order valence-electron chi connectivity index (χ2n) is 7.62. The van der Waals surface area contributed by atoms with Gasteiger partial charge in [0.15, 0.2) is 5.78 Å². The van der Waals surface area contributed by atoms with Crippen molar-refractivity contribution in [2.75, 3.05) is 28.4 Å². The van der Waals surface area contributed by atoms with Crippen molar-refractivity contribution in [1.29, 1.82) is 0 Å². The summed E-state index contributed by atoms with van der Waals surface area (Å²) in [5, 5.41) is 0. The summed E-state index contributed by atoms with van der Waals surface area (Å²) in [6.45, 7) is 0. The fraction of sp³-hybridized carbons (Fsp3) is 0.138. The molecule has 172 valence electrons. The van der Waals surface area contributed by atoms with Gasteiger partial charge in [-0.1, -0.05) is 48.5 Å². The Labute approximate surface area is 199 Å². The normalized spacial score (nSPS) is 10.5. The van der Waals surface area contributed by atoms with Crippen LogP contribution in [0.2, 0.25) is 0 Å². The van der Waals surface area contributed by atoms with Crippen LogP contribution >= 0.6 is 0 Å². The van der Waals surface area contributed by atoms with Gasteiger partial charge in [-0.15, -0.1) is 0 Å². The second-order valence-corrected chi connectivity index (χ2v) is 7.62. The first kappa shape index (κ1) is 22.9. The highest BCUT2D eigenvalue weighted by Gasteiger charge is 2.13. The van der Waals surface area contributed by atoms with Crippen molar-refractivity contribution in [3.8, 4) is 45.3 Å². The van der Waals surface area contributed by atoms with Gasteiger partial charge in [0.2, 0.25) is 0 Å². The molecule has 0 fully saturated rings. The molecule has 0 heterocycles. The fourth-order valence-corrected chi connectivity index (χ4v) is 3.84. The molecule has 0 aliphatic carbocycles. The molecule has 0 aliphatic rings. The Bertz CT molecular complexity index is 1190. The number of ketones is 1. The van der Waals surface area contributed by atoms with Gasteiger partial charge in [0.25, 0.3) is 0 Å². The van der Waals surface area contributed by atoms with Gasteiger partial charge in [-0.2, -0.15) is 0 Å². The highest BCUT2D eigenvalue weighted by atomic mass is 16.5. The van der Waals surface area contributed by atoms with Crippen molar-refractivity contribution in [2.45, 2.75) is 0 Å². The zero-order valence-electron chi connectivity index (χ0n) is 19.6. The highest BCUT2D eigenvalue weighted by molar-refractivity contribution is 6.09. The summed E-state index contributed by atoms with van der Waals surface area (Å²) in [6, 6.07) is 26.4. The molecular weight excluding hydrogens is 428 g/mol. The quantitative estimate of drug-likeness (QED) is 0.293. The molecule has 4 aromatic rings. The standard InChI is InChI=1S/C29H26O5/c1-31-23-13-15-25(27(17-23)33-3)19-5-9-21(10-6-19)29(30)22-11-7-20(8-12-22)26-16-14-24(32-2)18-28(26)34-4/h5-18H,1-4H3. The Kier molecular flexibility index (Phi) is 6.83. The van der Waals surface area contributed by atoms with Gasteiger partial charge in [-0.3, -0.25) is 4.79 Å². The summed E-state index contributed by atoms with van der Waals surface area (Å²) in [4.78, 5) is 13.1. The summed E-state index contributed by atoms with van der Waals surface area (Å²) in [6.07, 6.45) is 0. The zero-order chi connectivity index (χ0) is 24.1. The van der Waals surface area contributed by atoms with Crippen LogP contribution in [0.5, 0.6) is 23.0 Å². The molecule has 0 radical (unpaired) electrons. The molecule has 34 heavy (non-hydrogen) atoms. The van der Waals surface area contributed by atoms with Crippen LogP contribution in [0.1, 0.15) is 15.9 Å². The molecule has 0 amide bonds. The maximum absolute atomic E-state index is 13.1. The molecule has 0 saturated heterocycles. The van der Waals surface area contributed by atoms with Crippen LogP contribution in [-0.2, 0) is 0 Å². The molecule has 5 nitrogen and oxygen atoms in total. The van der Waals surface area contributed by atoms with Crippen molar-refractivity contribution in [1.82, 2.24) is 0 Å². The summed E-state index contributed by atoms with van der Waals surface area (Å²) in [7, 11) is 6.49. The number of rotatable bonds is 8. The average molecular weight is 455 g/mol. The lowest BCUT2D eigenvalue weighted by Gasteiger charge is -2.12. The fourth-order valence-electron chi connectivity index (χ4n) is 3.84. The maximum Gasteiger partial charge on any atom is 0.193 e. The summed E-state index contributed by atoms with van der Waals surface area (Å²) >= 11 is 0. The lowest BCUT2D eigenvalue weighted by atomic mass is 9.97. The van der Waals surface area contributed by atoms with E-state index in [1.165, 1.54) is 0 Å². The van der Waals surface area contributed by atoms with Gasteiger partial charge < -0.3 is 18.9 Å². The van der Waals surface area contributed by atoms with E-state index in [4.69, 9.17) is 18.9 Å².